The lowest BCUT2D eigenvalue weighted by atomic mass is 9.63. The number of carbonyl (C=O) groups is 3. The van der Waals surface area contributed by atoms with Gasteiger partial charge in [-0.25, -0.2) is 0 Å². The number of carbonyl (C=O) groups excluding carboxylic acids is 3. The molecule has 0 spiro atoms. The van der Waals surface area contributed by atoms with Gasteiger partial charge < -0.3 is 10.2 Å². The highest BCUT2D eigenvalue weighted by Gasteiger charge is 2.40. The summed E-state index contributed by atoms with van der Waals surface area (Å²) in [4.78, 5) is 39.6. The molecule has 1 saturated heterocycles. The molecule has 2 heterocycles. The molecule has 0 radical (unpaired) electrons. The Balaban J connectivity index is 1.05. The molecule has 5 rings (SSSR count). The van der Waals surface area contributed by atoms with Crippen molar-refractivity contribution in [1.82, 2.24) is 15.5 Å². The Hall–Kier alpha value is -1.86. The van der Waals surface area contributed by atoms with Crippen molar-refractivity contribution >= 4 is 29.5 Å². The van der Waals surface area contributed by atoms with Gasteiger partial charge in [-0.1, -0.05) is 26.3 Å². The molecule has 1 aromatic rings. The summed E-state index contributed by atoms with van der Waals surface area (Å²) in [6.07, 6.45) is 9.95. The number of fused-ring (bicyclic) bond motifs is 3. The number of nitrogens with one attached hydrogen (secondary N) is 2. The zero-order valence-corrected chi connectivity index (χ0v) is 22.6. The van der Waals surface area contributed by atoms with Crippen LogP contribution in [0, 0.1) is 23.7 Å². The van der Waals surface area contributed by atoms with E-state index < -0.39 is 6.04 Å². The molecule has 36 heavy (non-hydrogen) atoms. The smallest absolute Gasteiger partial charge is 0.255 e. The molecule has 4 aliphatic rings. The third-order valence-electron chi connectivity index (χ3n) is 8.90. The summed E-state index contributed by atoms with van der Waals surface area (Å²) < 4.78 is 0. The minimum absolute atomic E-state index is 0.0938. The fraction of sp³-hybridized carbons (Fsp3) is 0.690. The Morgan fingerprint density at radius 2 is 1.92 bits per heavy atom. The zero-order valence-electron chi connectivity index (χ0n) is 21.8. The van der Waals surface area contributed by atoms with Gasteiger partial charge in [0.05, 0.1) is 0 Å². The van der Waals surface area contributed by atoms with Gasteiger partial charge in [0.1, 0.15) is 6.04 Å². The summed E-state index contributed by atoms with van der Waals surface area (Å²) in [6.45, 7) is 6.46. The van der Waals surface area contributed by atoms with E-state index >= 15 is 0 Å². The number of benzene rings is 1. The number of hydrogen-bond acceptors (Lipinski definition) is 5. The van der Waals surface area contributed by atoms with E-state index in [9.17, 15) is 14.4 Å². The van der Waals surface area contributed by atoms with E-state index in [1.807, 2.05) is 23.9 Å². The monoisotopic (exact) mass is 511 g/mol. The number of thioether (sulfide) groups is 1. The fourth-order valence-corrected chi connectivity index (χ4v) is 8.43. The lowest BCUT2D eigenvalue weighted by molar-refractivity contribution is -0.136. The first-order valence-corrected chi connectivity index (χ1v) is 15.0. The first kappa shape index (κ1) is 25.8. The maximum atomic E-state index is 13.0. The summed E-state index contributed by atoms with van der Waals surface area (Å²) in [5.41, 5.74) is 1.74. The number of amides is 3. The standard InChI is InChI=1S/C29H41N3O3S/c1-18-13-20-15-19(2)27(21(14-18)16-20)30-11-4-3-5-12-36-25-8-6-7-22-23(25)17-32(29(22)35)24-9-10-26(33)31-28(24)34/h6-8,18-21,24,27,30H,3-5,9-17H2,1-2H3,(H,31,33,34). The second-order valence-electron chi connectivity index (χ2n) is 11.7. The van der Waals surface area contributed by atoms with Gasteiger partial charge in [0.15, 0.2) is 0 Å². The molecule has 3 amide bonds. The van der Waals surface area contributed by atoms with Crippen LogP contribution in [0.15, 0.2) is 23.1 Å². The van der Waals surface area contributed by atoms with E-state index in [1.165, 1.54) is 38.5 Å². The first-order chi connectivity index (χ1) is 17.4. The molecule has 1 aromatic carbocycles. The van der Waals surface area contributed by atoms with Crippen molar-refractivity contribution in [2.45, 2.75) is 95.2 Å². The molecule has 7 heteroatoms. The minimum Gasteiger partial charge on any atom is -0.322 e. The molecule has 6 atom stereocenters. The Morgan fingerprint density at radius 1 is 1.06 bits per heavy atom. The van der Waals surface area contributed by atoms with Crippen LogP contribution in [0.1, 0.15) is 87.6 Å². The highest BCUT2D eigenvalue weighted by atomic mass is 32.2. The summed E-state index contributed by atoms with van der Waals surface area (Å²) in [5.74, 6) is 3.88. The van der Waals surface area contributed by atoms with Crippen LogP contribution in [0.2, 0.25) is 0 Å². The fourth-order valence-electron chi connectivity index (χ4n) is 7.34. The Bertz CT molecular complexity index is 994. The van der Waals surface area contributed by atoms with Crippen molar-refractivity contribution in [2.75, 3.05) is 12.3 Å². The van der Waals surface area contributed by atoms with Gasteiger partial charge >= 0.3 is 0 Å². The molecule has 2 saturated carbocycles. The van der Waals surface area contributed by atoms with E-state index in [0.717, 1.165) is 52.8 Å². The predicted molar refractivity (Wildman–Crippen MR) is 143 cm³/mol. The van der Waals surface area contributed by atoms with E-state index in [0.29, 0.717) is 24.6 Å². The van der Waals surface area contributed by atoms with Crippen LogP contribution >= 0.6 is 11.8 Å². The molecule has 2 aliphatic heterocycles. The molecular weight excluding hydrogens is 470 g/mol. The second-order valence-corrected chi connectivity index (χ2v) is 12.9. The highest BCUT2D eigenvalue weighted by molar-refractivity contribution is 7.99. The number of piperidine rings is 1. The quantitative estimate of drug-likeness (QED) is 0.284. The van der Waals surface area contributed by atoms with Crippen molar-refractivity contribution in [3.05, 3.63) is 29.3 Å². The largest absolute Gasteiger partial charge is 0.322 e. The van der Waals surface area contributed by atoms with Crippen LogP contribution in [0.5, 0.6) is 0 Å². The molecule has 2 aliphatic carbocycles. The first-order valence-electron chi connectivity index (χ1n) is 14.0. The maximum absolute atomic E-state index is 13.0. The molecule has 0 aromatic heterocycles. The minimum atomic E-state index is -0.553. The van der Waals surface area contributed by atoms with E-state index in [2.05, 4.69) is 30.5 Å². The topological polar surface area (TPSA) is 78.5 Å². The summed E-state index contributed by atoms with van der Waals surface area (Å²) >= 11 is 1.82. The van der Waals surface area contributed by atoms with Crippen molar-refractivity contribution < 1.29 is 14.4 Å². The van der Waals surface area contributed by atoms with E-state index in [1.54, 1.807) is 4.90 Å². The molecule has 6 nitrogen and oxygen atoms in total. The summed E-state index contributed by atoms with van der Waals surface area (Å²) in [6, 6.07) is 6.05. The number of imide groups is 1. The molecule has 3 fully saturated rings. The third-order valence-corrected chi connectivity index (χ3v) is 10.1. The van der Waals surface area contributed by atoms with Crippen LogP contribution in [0.25, 0.3) is 0 Å². The van der Waals surface area contributed by atoms with Gasteiger partial charge in [0, 0.05) is 29.5 Å². The summed E-state index contributed by atoms with van der Waals surface area (Å²) in [5, 5.41) is 6.31. The second kappa shape index (κ2) is 11.3. The number of unbranched alkanes of at least 4 members (excludes halogenated alkanes) is 2. The van der Waals surface area contributed by atoms with Gasteiger partial charge in [0.25, 0.3) is 5.91 Å². The molecule has 196 valence electrons. The average molecular weight is 512 g/mol. The van der Waals surface area contributed by atoms with Crippen molar-refractivity contribution in [3.8, 4) is 0 Å². The number of hydrogen-bond donors (Lipinski definition) is 2. The average Bonchev–Trinajstić information content (AvgIpc) is 3.16. The predicted octanol–water partition coefficient (Wildman–Crippen LogP) is 4.76. The van der Waals surface area contributed by atoms with E-state index in [4.69, 9.17) is 0 Å². The molecule has 2 N–H and O–H groups in total. The zero-order chi connectivity index (χ0) is 25.2. The maximum Gasteiger partial charge on any atom is 0.255 e. The van der Waals surface area contributed by atoms with Crippen LogP contribution in [0.4, 0.5) is 0 Å². The lowest BCUT2D eigenvalue weighted by Crippen LogP contribution is -2.52. The molecule has 2 bridgehead atoms. The van der Waals surface area contributed by atoms with Gasteiger partial charge in [0.2, 0.25) is 11.8 Å². The normalized spacial score (nSPS) is 31.9. The van der Waals surface area contributed by atoms with Gasteiger partial charge in [-0.3, -0.25) is 19.7 Å². The van der Waals surface area contributed by atoms with Crippen LogP contribution in [-0.4, -0.2) is 47.0 Å². The Morgan fingerprint density at radius 3 is 2.75 bits per heavy atom. The van der Waals surface area contributed by atoms with E-state index in [-0.39, 0.29) is 24.1 Å². The van der Waals surface area contributed by atoms with Crippen molar-refractivity contribution in [1.29, 1.82) is 0 Å². The van der Waals surface area contributed by atoms with Gasteiger partial charge in [-0.15, -0.1) is 11.8 Å². The lowest BCUT2D eigenvalue weighted by Gasteiger charge is -2.46. The van der Waals surface area contributed by atoms with Crippen LogP contribution in [0.3, 0.4) is 0 Å². The SMILES string of the molecule is CC1CC2CC(C)C(NCCCCCSc3cccc4c3CN(C3CCC(=O)NC3=O)C4=O)C(C1)C2. The van der Waals surface area contributed by atoms with Crippen LogP contribution < -0.4 is 10.6 Å². The number of nitrogens with zero attached hydrogens (tertiary/aromatic N) is 1. The Labute approximate surface area is 219 Å². The van der Waals surface area contributed by atoms with Gasteiger partial charge in [-0.05, 0) is 98.6 Å². The van der Waals surface area contributed by atoms with Gasteiger partial charge in [-0.2, -0.15) is 0 Å². The summed E-state index contributed by atoms with van der Waals surface area (Å²) in [7, 11) is 0. The molecular formula is C29H41N3O3S. The molecule has 6 unspecified atom stereocenters. The Kier molecular flexibility index (Phi) is 8.06. The number of rotatable bonds is 9. The van der Waals surface area contributed by atoms with Crippen LogP contribution in [-0.2, 0) is 16.1 Å². The third kappa shape index (κ3) is 5.52. The van der Waals surface area contributed by atoms with Crippen molar-refractivity contribution in [3.63, 3.8) is 0 Å². The van der Waals surface area contributed by atoms with Crippen molar-refractivity contribution in [2.24, 2.45) is 23.7 Å². The highest BCUT2D eigenvalue weighted by Crippen LogP contribution is 2.44.